The molecule has 0 aromatic heterocycles. The van der Waals surface area contributed by atoms with Crippen molar-refractivity contribution in [3.63, 3.8) is 0 Å². The maximum Gasteiger partial charge on any atom is 0.145 e. The molecule has 4 aliphatic rings. The predicted molar refractivity (Wildman–Crippen MR) is 69.4 cm³/mol. The highest BCUT2D eigenvalue weighted by atomic mass is 16.7. The summed E-state index contributed by atoms with van der Waals surface area (Å²) in [5.74, 6) is 1.83. The Kier molecular flexibility index (Phi) is 3.07. The summed E-state index contributed by atoms with van der Waals surface area (Å²) in [6.45, 7) is 6.07. The van der Waals surface area contributed by atoms with Crippen molar-refractivity contribution in [2.45, 2.75) is 44.8 Å². The molecule has 4 bridgehead atoms. The molecule has 0 N–H and O–H groups in total. The minimum Gasteiger partial charge on any atom is -0.279 e. The lowest BCUT2D eigenvalue weighted by molar-refractivity contribution is -0.323. The van der Waals surface area contributed by atoms with Crippen LogP contribution in [-0.4, -0.2) is 54.0 Å². The van der Waals surface area contributed by atoms with Crippen LogP contribution < -0.4 is 0 Å². The Balaban J connectivity index is 1.46. The van der Waals surface area contributed by atoms with Crippen LogP contribution in [0.3, 0.4) is 0 Å². The highest BCUT2D eigenvalue weighted by Gasteiger charge is 2.39. The largest absolute Gasteiger partial charge is 0.279 e. The third-order valence-corrected chi connectivity index (χ3v) is 5.25. The van der Waals surface area contributed by atoms with Crippen molar-refractivity contribution in [3.05, 3.63) is 0 Å². The van der Waals surface area contributed by atoms with Gasteiger partial charge in [-0.25, -0.2) is 10.0 Å². The summed E-state index contributed by atoms with van der Waals surface area (Å²) in [4.78, 5) is 6.21. The molecule has 4 aliphatic heterocycles. The summed E-state index contributed by atoms with van der Waals surface area (Å²) >= 11 is 0. The van der Waals surface area contributed by atoms with Gasteiger partial charge in [-0.2, -0.15) is 5.06 Å². The summed E-state index contributed by atoms with van der Waals surface area (Å²) in [7, 11) is 0. The molecule has 4 saturated heterocycles. The molecule has 4 nitrogen and oxygen atoms in total. The zero-order chi connectivity index (χ0) is 11.9. The van der Waals surface area contributed by atoms with Crippen LogP contribution in [-0.2, 0) is 4.84 Å². The lowest BCUT2D eigenvalue weighted by Crippen LogP contribution is -2.61. The van der Waals surface area contributed by atoms with Crippen LogP contribution in [0.25, 0.3) is 0 Å². The Labute approximate surface area is 110 Å². The van der Waals surface area contributed by atoms with Gasteiger partial charge in [0.05, 0.1) is 0 Å². The first-order chi connectivity index (χ1) is 8.88. The molecular formula is C14H25N3O. The Hall–Kier alpha value is -0.160. The van der Waals surface area contributed by atoms with Crippen LogP contribution >= 0.6 is 0 Å². The summed E-state index contributed by atoms with van der Waals surface area (Å²) in [5, 5.41) is 7.38. The number of fused-ring (bicyclic) bond motifs is 4. The summed E-state index contributed by atoms with van der Waals surface area (Å²) in [6, 6.07) is 0. The summed E-state index contributed by atoms with van der Waals surface area (Å²) in [5.41, 5.74) is 0. The molecule has 0 radical (unpaired) electrons. The second-order valence-electron chi connectivity index (χ2n) is 6.56. The normalized spacial score (nSPS) is 49.0. The van der Waals surface area contributed by atoms with E-state index in [1.54, 1.807) is 0 Å². The third-order valence-electron chi connectivity index (χ3n) is 5.25. The van der Waals surface area contributed by atoms with E-state index in [1.807, 2.05) is 0 Å². The first kappa shape index (κ1) is 11.6. The average Bonchev–Trinajstić information content (AvgIpc) is 2.39. The second kappa shape index (κ2) is 4.75. The van der Waals surface area contributed by atoms with Crippen LogP contribution in [0.2, 0.25) is 0 Å². The van der Waals surface area contributed by atoms with Crippen LogP contribution in [0.15, 0.2) is 0 Å². The maximum absolute atomic E-state index is 6.21. The quantitative estimate of drug-likeness (QED) is 0.706. The van der Waals surface area contributed by atoms with Crippen LogP contribution in [0.1, 0.15) is 38.5 Å². The van der Waals surface area contributed by atoms with Crippen molar-refractivity contribution >= 4 is 0 Å². The van der Waals surface area contributed by atoms with Crippen molar-refractivity contribution in [3.8, 4) is 0 Å². The van der Waals surface area contributed by atoms with Crippen molar-refractivity contribution in [2.24, 2.45) is 11.8 Å². The van der Waals surface area contributed by atoms with Gasteiger partial charge in [0.25, 0.3) is 0 Å². The van der Waals surface area contributed by atoms with Gasteiger partial charge in [0.2, 0.25) is 0 Å². The SMILES string of the molecule is C1CC2CC(N3CCC4CCCN3C4)ON(C1)C2. The smallest absolute Gasteiger partial charge is 0.145 e. The van der Waals surface area contributed by atoms with E-state index in [0.717, 1.165) is 18.4 Å². The van der Waals surface area contributed by atoms with Gasteiger partial charge in [0.1, 0.15) is 6.23 Å². The van der Waals surface area contributed by atoms with E-state index in [0.29, 0.717) is 6.23 Å². The van der Waals surface area contributed by atoms with Gasteiger partial charge in [-0.1, -0.05) is 0 Å². The van der Waals surface area contributed by atoms with Crippen molar-refractivity contribution < 1.29 is 4.84 Å². The van der Waals surface area contributed by atoms with E-state index in [9.17, 15) is 0 Å². The fraction of sp³-hybridized carbons (Fsp3) is 1.00. The number of nitrogens with zero attached hydrogens (tertiary/aromatic N) is 3. The van der Waals surface area contributed by atoms with E-state index in [2.05, 4.69) is 15.1 Å². The van der Waals surface area contributed by atoms with Gasteiger partial charge in [0.15, 0.2) is 0 Å². The first-order valence-electron chi connectivity index (χ1n) is 7.82. The molecule has 4 heterocycles. The van der Waals surface area contributed by atoms with Crippen LogP contribution in [0.4, 0.5) is 0 Å². The molecule has 4 heteroatoms. The Bertz CT molecular complexity index is 299. The topological polar surface area (TPSA) is 19.0 Å². The molecule has 0 spiro atoms. The fourth-order valence-corrected chi connectivity index (χ4v) is 4.29. The zero-order valence-corrected chi connectivity index (χ0v) is 11.3. The van der Waals surface area contributed by atoms with Crippen molar-refractivity contribution in [2.75, 3.05) is 32.7 Å². The minimum absolute atomic E-state index is 0.336. The number of hydrazine groups is 1. The van der Waals surface area contributed by atoms with Gasteiger partial charge in [-0.3, -0.25) is 4.84 Å². The van der Waals surface area contributed by atoms with E-state index in [-0.39, 0.29) is 0 Å². The second-order valence-corrected chi connectivity index (χ2v) is 6.56. The molecule has 5 unspecified atom stereocenters. The molecule has 0 aliphatic carbocycles. The summed E-state index contributed by atoms with van der Waals surface area (Å²) < 4.78 is 0. The number of hydrogen-bond donors (Lipinski definition) is 0. The molecular weight excluding hydrogens is 226 g/mol. The minimum atomic E-state index is 0.336. The van der Waals surface area contributed by atoms with Crippen LogP contribution in [0, 0.1) is 11.8 Å². The number of hydrogen-bond acceptors (Lipinski definition) is 4. The number of piperidine rings is 2. The van der Waals surface area contributed by atoms with Gasteiger partial charge in [-0.15, -0.1) is 0 Å². The molecule has 0 aromatic carbocycles. The molecule has 0 amide bonds. The van der Waals surface area contributed by atoms with Gasteiger partial charge in [-0.05, 0) is 50.4 Å². The predicted octanol–water partition coefficient (Wildman–Crippen LogP) is 1.69. The fourth-order valence-electron chi connectivity index (χ4n) is 4.29. The maximum atomic E-state index is 6.21. The van der Waals surface area contributed by atoms with Crippen molar-refractivity contribution in [1.82, 2.24) is 15.1 Å². The highest BCUT2D eigenvalue weighted by Crippen LogP contribution is 2.34. The number of hydroxylamine groups is 2. The standard InChI is InChI=1S/C14H25N3O/c1-3-12-5-8-17(15(6-1)10-12)14-9-13-4-2-7-16(11-13)18-14/h12-14H,1-11H2. The molecule has 0 saturated carbocycles. The highest BCUT2D eigenvalue weighted by molar-refractivity contribution is 4.83. The van der Waals surface area contributed by atoms with E-state index >= 15 is 0 Å². The zero-order valence-electron chi connectivity index (χ0n) is 11.3. The monoisotopic (exact) mass is 251 g/mol. The van der Waals surface area contributed by atoms with Gasteiger partial charge >= 0.3 is 0 Å². The molecule has 102 valence electrons. The van der Waals surface area contributed by atoms with Gasteiger partial charge < -0.3 is 0 Å². The Morgan fingerprint density at radius 1 is 0.833 bits per heavy atom. The van der Waals surface area contributed by atoms with E-state index in [4.69, 9.17) is 4.84 Å². The van der Waals surface area contributed by atoms with E-state index in [1.165, 1.54) is 64.7 Å². The average molecular weight is 251 g/mol. The lowest BCUT2D eigenvalue weighted by Gasteiger charge is -2.52. The lowest BCUT2D eigenvalue weighted by atomic mass is 9.91. The number of rotatable bonds is 1. The van der Waals surface area contributed by atoms with E-state index < -0.39 is 0 Å². The van der Waals surface area contributed by atoms with Crippen molar-refractivity contribution in [1.29, 1.82) is 0 Å². The molecule has 4 rings (SSSR count). The first-order valence-corrected chi connectivity index (χ1v) is 7.82. The van der Waals surface area contributed by atoms with Gasteiger partial charge in [0, 0.05) is 32.7 Å². The Morgan fingerprint density at radius 2 is 1.72 bits per heavy atom. The molecule has 5 atom stereocenters. The van der Waals surface area contributed by atoms with Crippen LogP contribution in [0.5, 0.6) is 0 Å². The summed E-state index contributed by atoms with van der Waals surface area (Å²) in [6.07, 6.45) is 8.52. The molecule has 4 fully saturated rings. The molecule has 18 heavy (non-hydrogen) atoms. The Morgan fingerprint density at radius 3 is 2.67 bits per heavy atom. The molecule has 0 aromatic rings. The third kappa shape index (κ3) is 2.09.